The first-order valence-corrected chi connectivity index (χ1v) is 6.14. The van der Waals surface area contributed by atoms with Crippen molar-refractivity contribution in [3.05, 3.63) is 0 Å². The molecule has 4 heteroatoms. The van der Waals surface area contributed by atoms with Crippen LogP contribution in [0.15, 0.2) is 0 Å². The second kappa shape index (κ2) is 6.21. The molecule has 0 saturated heterocycles. The normalized spacial score (nSPS) is 21.4. The van der Waals surface area contributed by atoms with E-state index >= 15 is 0 Å². The van der Waals surface area contributed by atoms with Gasteiger partial charge in [-0.1, -0.05) is 19.3 Å². The van der Waals surface area contributed by atoms with E-state index in [2.05, 4.69) is 5.32 Å². The van der Waals surface area contributed by atoms with Gasteiger partial charge < -0.3 is 15.8 Å². The molecule has 94 valence electrons. The van der Waals surface area contributed by atoms with Gasteiger partial charge in [-0.05, 0) is 19.8 Å². The Bertz CT molecular complexity index is 225. The number of hydrogen-bond donors (Lipinski definition) is 2. The first-order chi connectivity index (χ1) is 7.56. The highest BCUT2D eigenvalue weighted by atomic mass is 16.5. The molecular weight excluding hydrogens is 204 g/mol. The predicted molar refractivity (Wildman–Crippen MR) is 64.1 cm³/mol. The summed E-state index contributed by atoms with van der Waals surface area (Å²) in [5, 5.41) is 2.86. The van der Waals surface area contributed by atoms with E-state index in [0.29, 0.717) is 13.0 Å². The van der Waals surface area contributed by atoms with Crippen LogP contribution in [0.3, 0.4) is 0 Å². The molecule has 0 aromatic heterocycles. The molecule has 16 heavy (non-hydrogen) atoms. The quantitative estimate of drug-likeness (QED) is 0.743. The van der Waals surface area contributed by atoms with E-state index in [1.54, 1.807) is 7.11 Å². The molecule has 1 amide bonds. The van der Waals surface area contributed by atoms with Gasteiger partial charge in [0.15, 0.2) is 0 Å². The average Bonchev–Trinajstić information content (AvgIpc) is 2.26. The van der Waals surface area contributed by atoms with Gasteiger partial charge in [0.05, 0.1) is 6.10 Å². The summed E-state index contributed by atoms with van der Waals surface area (Å²) in [7, 11) is 1.64. The molecule has 1 saturated carbocycles. The number of ether oxygens (including phenoxy) is 1. The molecule has 1 unspecified atom stereocenters. The zero-order valence-corrected chi connectivity index (χ0v) is 10.4. The van der Waals surface area contributed by atoms with Crippen molar-refractivity contribution in [2.75, 3.05) is 13.7 Å². The number of nitrogens with two attached hydrogens (primary N) is 1. The zero-order chi connectivity index (χ0) is 12.0. The van der Waals surface area contributed by atoms with E-state index in [0.717, 1.165) is 25.7 Å². The molecule has 1 aliphatic carbocycles. The summed E-state index contributed by atoms with van der Waals surface area (Å²) in [6, 6.07) is 0. The minimum atomic E-state index is -0.265. The lowest BCUT2D eigenvalue weighted by Gasteiger charge is -2.32. The maximum atomic E-state index is 11.7. The van der Waals surface area contributed by atoms with E-state index in [4.69, 9.17) is 10.5 Å². The van der Waals surface area contributed by atoms with E-state index in [-0.39, 0.29) is 17.6 Å². The number of methoxy groups -OCH3 is 1. The van der Waals surface area contributed by atoms with Crippen LogP contribution in [-0.4, -0.2) is 31.2 Å². The van der Waals surface area contributed by atoms with Crippen LogP contribution in [0.2, 0.25) is 0 Å². The summed E-state index contributed by atoms with van der Waals surface area (Å²) >= 11 is 0. The zero-order valence-electron chi connectivity index (χ0n) is 10.4. The van der Waals surface area contributed by atoms with Gasteiger partial charge in [-0.25, -0.2) is 0 Å². The van der Waals surface area contributed by atoms with Gasteiger partial charge in [0.1, 0.15) is 0 Å². The third-order valence-corrected chi connectivity index (χ3v) is 3.35. The molecule has 0 aliphatic heterocycles. The largest absolute Gasteiger partial charge is 0.380 e. The Hall–Kier alpha value is -0.610. The number of nitrogens with one attached hydrogen (secondary N) is 1. The van der Waals surface area contributed by atoms with Crippen molar-refractivity contribution in [2.24, 2.45) is 5.73 Å². The van der Waals surface area contributed by atoms with Gasteiger partial charge in [-0.15, -0.1) is 0 Å². The molecule has 0 aromatic carbocycles. The third-order valence-electron chi connectivity index (χ3n) is 3.35. The number of rotatable bonds is 5. The van der Waals surface area contributed by atoms with E-state index < -0.39 is 0 Å². The highest BCUT2D eigenvalue weighted by molar-refractivity contribution is 5.77. The Morgan fingerprint density at radius 3 is 2.62 bits per heavy atom. The summed E-state index contributed by atoms with van der Waals surface area (Å²) in [5.74, 6) is 0.0494. The Labute approximate surface area is 97.9 Å². The third kappa shape index (κ3) is 4.49. The summed E-state index contributed by atoms with van der Waals surface area (Å²) in [4.78, 5) is 11.7. The van der Waals surface area contributed by atoms with Gasteiger partial charge >= 0.3 is 0 Å². The monoisotopic (exact) mass is 228 g/mol. The van der Waals surface area contributed by atoms with Crippen LogP contribution in [0.25, 0.3) is 0 Å². The maximum absolute atomic E-state index is 11.7. The highest BCUT2D eigenvalue weighted by Gasteiger charge is 2.29. The van der Waals surface area contributed by atoms with Crippen LogP contribution in [-0.2, 0) is 9.53 Å². The smallest absolute Gasteiger partial charge is 0.221 e. The minimum Gasteiger partial charge on any atom is -0.380 e. The van der Waals surface area contributed by atoms with Crippen LogP contribution < -0.4 is 11.1 Å². The van der Waals surface area contributed by atoms with Gasteiger partial charge in [0, 0.05) is 25.6 Å². The lowest BCUT2D eigenvalue weighted by molar-refractivity contribution is -0.123. The van der Waals surface area contributed by atoms with Crippen molar-refractivity contribution in [3.63, 3.8) is 0 Å². The van der Waals surface area contributed by atoms with Crippen LogP contribution >= 0.6 is 0 Å². The molecule has 1 aliphatic rings. The summed E-state index contributed by atoms with van der Waals surface area (Å²) in [6.45, 7) is 2.49. The maximum Gasteiger partial charge on any atom is 0.221 e. The van der Waals surface area contributed by atoms with Gasteiger partial charge in [0.2, 0.25) is 5.91 Å². The number of carbonyl (C=O) groups is 1. The number of hydrogen-bond acceptors (Lipinski definition) is 3. The molecule has 1 fully saturated rings. The van der Waals surface area contributed by atoms with Gasteiger partial charge in [-0.3, -0.25) is 4.79 Å². The van der Waals surface area contributed by atoms with Crippen molar-refractivity contribution in [2.45, 2.75) is 57.1 Å². The first-order valence-electron chi connectivity index (χ1n) is 6.14. The molecule has 0 bridgehead atoms. The molecule has 0 radical (unpaired) electrons. The fourth-order valence-corrected chi connectivity index (χ4v) is 2.16. The highest BCUT2D eigenvalue weighted by Crippen LogP contribution is 2.28. The van der Waals surface area contributed by atoms with Crippen molar-refractivity contribution < 1.29 is 9.53 Å². The van der Waals surface area contributed by atoms with Crippen molar-refractivity contribution in [3.8, 4) is 0 Å². The first kappa shape index (κ1) is 13.5. The van der Waals surface area contributed by atoms with Crippen LogP contribution in [0.4, 0.5) is 0 Å². The fraction of sp³-hybridized carbons (Fsp3) is 0.917. The number of carbonyl (C=O) groups excluding carboxylic acids is 1. The average molecular weight is 228 g/mol. The Balaban J connectivity index is 2.27. The second-order valence-corrected chi connectivity index (χ2v) is 4.95. The van der Waals surface area contributed by atoms with Crippen molar-refractivity contribution in [1.82, 2.24) is 5.32 Å². The lowest BCUT2D eigenvalue weighted by Crippen LogP contribution is -2.46. The summed E-state index contributed by atoms with van der Waals surface area (Å²) in [6.07, 6.45) is 6.01. The molecule has 3 N–H and O–H groups in total. The molecule has 0 aromatic rings. The number of amides is 1. The second-order valence-electron chi connectivity index (χ2n) is 4.95. The van der Waals surface area contributed by atoms with Crippen molar-refractivity contribution >= 4 is 5.91 Å². The Kier molecular flexibility index (Phi) is 5.22. The van der Waals surface area contributed by atoms with Crippen LogP contribution in [0.1, 0.15) is 45.4 Å². The van der Waals surface area contributed by atoms with Crippen LogP contribution in [0, 0.1) is 0 Å². The Morgan fingerprint density at radius 1 is 1.44 bits per heavy atom. The van der Waals surface area contributed by atoms with Gasteiger partial charge in [0.25, 0.3) is 0 Å². The predicted octanol–water partition coefficient (Wildman–Crippen LogP) is 1.19. The minimum absolute atomic E-state index is 0.0494. The van der Waals surface area contributed by atoms with E-state index in [1.807, 2.05) is 6.92 Å². The standard InChI is InChI=1S/C12H24N2O2/c1-10(16-2)9-14-11(15)8-12(13)6-4-3-5-7-12/h10H,3-9,13H2,1-2H3,(H,14,15). The summed E-state index contributed by atoms with van der Waals surface area (Å²) in [5.41, 5.74) is 5.94. The molecular formula is C12H24N2O2. The molecule has 0 spiro atoms. The fourth-order valence-electron chi connectivity index (χ4n) is 2.16. The Morgan fingerprint density at radius 2 is 2.06 bits per heavy atom. The van der Waals surface area contributed by atoms with E-state index in [1.165, 1.54) is 6.42 Å². The molecule has 1 atom stereocenters. The summed E-state index contributed by atoms with van der Waals surface area (Å²) < 4.78 is 5.07. The molecule has 1 rings (SSSR count). The SMILES string of the molecule is COC(C)CNC(=O)CC1(N)CCCCC1. The van der Waals surface area contributed by atoms with Gasteiger partial charge in [-0.2, -0.15) is 0 Å². The topological polar surface area (TPSA) is 64.3 Å². The molecule has 4 nitrogen and oxygen atoms in total. The van der Waals surface area contributed by atoms with E-state index in [9.17, 15) is 4.79 Å². The lowest BCUT2D eigenvalue weighted by atomic mass is 9.80. The molecule has 0 heterocycles. The van der Waals surface area contributed by atoms with Crippen LogP contribution in [0.5, 0.6) is 0 Å². The van der Waals surface area contributed by atoms with Crippen molar-refractivity contribution in [1.29, 1.82) is 0 Å².